The van der Waals surface area contributed by atoms with E-state index in [1.807, 2.05) is 12.1 Å². The summed E-state index contributed by atoms with van der Waals surface area (Å²) in [6, 6.07) is 17.2. The minimum atomic E-state index is 0.291. The Kier molecular flexibility index (Phi) is 5.21. The molecule has 0 fully saturated rings. The van der Waals surface area contributed by atoms with Crippen molar-refractivity contribution in [3.8, 4) is 5.75 Å². The zero-order valence-electron chi connectivity index (χ0n) is 12.1. The van der Waals surface area contributed by atoms with E-state index in [0.29, 0.717) is 12.1 Å². The van der Waals surface area contributed by atoms with Gasteiger partial charge >= 0.3 is 0 Å². The monoisotopic (exact) mass is 333 g/mol. The van der Waals surface area contributed by atoms with Crippen LogP contribution in [0, 0.1) is 0 Å². The van der Waals surface area contributed by atoms with Crippen molar-refractivity contribution in [1.82, 2.24) is 5.32 Å². The van der Waals surface area contributed by atoms with Crippen molar-refractivity contribution < 1.29 is 4.74 Å². The Balaban J connectivity index is 2.02. The molecule has 0 spiro atoms. The van der Waals surface area contributed by atoms with E-state index in [1.165, 1.54) is 11.1 Å². The molecule has 2 aromatic rings. The van der Waals surface area contributed by atoms with Crippen molar-refractivity contribution >= 4 is 15.9 Å². The van der Waals surface area contributed by atoms with Crippen LogP contribution < -0.4 is 10.1 Å². The zero-order valence-corrected chi connectivity index (χ0v) is 13.6. The van der Waals surface area contributed by atoms with Crippen molar-refractivity contribution in [2.45, 2.75) is 25.9 Å². The molecular formula is C17H20BrNO. The van der Waals surface area contributed by atoms with Gasteiger partial charge in [0.1, 0.15) is 5.75 Å². The largest absolute Gasteiger partial charge is 0.497 e. The highest BCUT2D eigenvalue weighted by Gasteiger charge is 2.11. The van der Waals surface area contributed by atoms with Crippen LogP contribution in [0.5, 0.6) is 5.75 Å². The minimum Gasteiger partial charge on any atom is -0.497 e. The summed E-state index contributed by atoms with van der Waals surface area (Å²) in [6.45, 7) is 4.36. The fourth-order valence-electron chi connectivity index (χ4n) is 2.21. The Labute approximate surface area is 129 Å². The first-order valence-electron chi connectivity index (χ1n) is 6.75. The lowest BCUT2D eigenvalue weighted by Gasteiger charge is -2.21. The lowest BCUT2D eigenvalue weighted by Crippen LogP contribution is -2.22. The standard InChI is InChI=1S/C17H20BrNO/c1-12(14-4-8-16(18)9-5-14)19-13(2)15-6-10-17(20-3)11-7-15/h4-13,19H,1-3H3. The van der Waals surface area contributed by atoms with E-state index < -0.39 is 0 Å². The van der Waals surface area contributed by atoms with Crippen LogP contribution in [0.25, 0.3) is 0 Å². The normalized spacial score (nSPS) is 13.8. The van der Waals surface area contributed by atoms with Crippen LogP contribution in [-0.2, 0) is 0 Å². The summed E-state index contributed by atoms with van der Waals surface area (Å²) in [5, 5.41) is 3.61. The van der Waals surface area contributed by atoms with E-state index in [-0.39, 0.29) is 0 Å². The van der Waals surface area contributed by atoms with Crippen LogP contribution in [0.2, 0.25) is 0 Å². The number of hydrogen-bond donors (Lipinski definition) is 1. The Morgan fingerprint density at radius 1 is 0.850 bits per heavy atom. The maximum absolute atomic E-state index is 5.19. The third-order valence-electron chi connectivity index (χ3n) is 3.49. The summed E-state index contributed by atoms with van der Waals surface area (Å²) in [4.78, 5) is 0. The second-order valence-corrected chi connectivity index (χ2v) is 5.85. The van der Waals surface area contributed by atoms with E-state index >= 15 is 0 Å². The number of methoxy groups -OCH3 is 1. The predicted molar refractivity (Wildman–Crippen MR) is 87.1 cm³/mol. The zero-order chi connectivity index (χ0) is 14.5. The molecule has 20 heavy (non-hydrogen) atoms. The molecule has 1 N–H and O–H groups in total. The number of benzene rings is 2. The molecule has 0 radical (unpaired) electrons. The predicted octanol–water partition coefficient (Wildman–Crippen LogP) is 4.87. The van der Waals surface area contributed by atoms with Crippen molar-refractivity contribution in [3.63, 3.8) is 0 Å². The van der Waals surface area contributed by atoms with Gasteiger partial charge in [0.05, 0.1) is 7.11 Å². The number of hydrogen-bond acceptors (Lipinski definition) is 2. The molecule has 0 aliphatic rings. The highest BCUT2D eigenvalue weighted by atomic mass is 79.9. The SMILES string of the molecule is COc1ccc(C(C)NC(C)c2ccc(Br)cc2)cc1. The van der Waals surface area contributed by atoms with Crippen LogP contribution in [0.1, 0.15) is 37.1 Å². The Bertz CT molecular complexity index is 536. The highest BCUT2D eigenvalue weighted by Crippen LogP contribution is 2.22. The van der Waals surface area contributed by atoms with E-state index in [4.69, 9.17) is 4.74 Å². The molecule has 3 heteroatoms. The lowest BCUT2D eigenvalue weighted by atomic mass is 10.0. The maximum atomic E-state index is 5.19. The third-order valence-corrected chi connectivity index (χ3v) is 4.01. The average Bonchev–Trinajstić information content (AvgIpc) is 2.48. The first-order chi connectivity index (χ1) is 9.60. The molecule has 0 amide bonds. The van der Waals surface area contributed by atoms with E-state index in [1.54, 1.807) is 7.11 Å². The van der Waals surface area contributed by atoms with E-state index in [0.717, 1.165) is 10.2 Å². The van der Waals surface area contributed by atoms with Gasteiger partial charge in [0.15, 0.2) is 0 Å². The van der Waals surface area contributed by atoms with Gasteiger partial charge in [0.2, 0.25) is 0 Å². The van der Waals surface area contributed by atoms with Crippen molar-refractivity contribution in [3.05, 3.63) is 64.1 Å². The fourth-order valence-corrected chi connectivity index (χ4v) is 2.48. The molecule has 0 aliphatic heterocycles. The topological polar surface area (TPSA) is 21.3 Å². The Hall–Kier alpha value is -1.32. The van der Waals surface area contributed by atoms with Gasteiger partial charge in [0, 0.05) is 16.6 Å². The maximum Gasteiger partial charge on any atom is 0.118 e. The van der Waals surface area contributed by atoms with Gasteiger partial charge in [-0.1, -0.05) is 40.2 Å². The second-order valence-electron chi connectivity index (χ2n) is 4.93. The summed E-state index contributed by atoms with van der Waals surface area (Å²) in [6.07, 6.45) is 0. The minimum absolute atomic E-state index is 0.291. The lowest BCUT2D eigenvalue weighted by molar-refractivity contribution is 0.414. The summed E-state index contributed by atoms with van der Waals surface area (Å²) in [5.74, 6) is 0.891. The first-order valence-corrected chi connectivity index (χ1v) is 7.55. The van der Waals surface area contributed by atoms with Crippen LogP contribution in [-0.4, -0.2) is 7.11 Å². The molecule has 0 saturated carbocycles. The van der Waals surface area contributed by atoms with Crippen molar-refractivity contribution in [1.29, 1.82) is 0 Å². The molecule has 0 heterocycles. The van der Waals surface area contributed by atoms with Crippen LogP contribution in [0.3, 0.4) is 0 Å². The molecule has 0 aliphatic carbocycles. The van der Waals surface area contributed by atoms with Crippen molar-refractivity contribution in [2.75, 3.05) is 7.11 Å². The van der Waals surface area contributed by atoms with Crippen LogP contribution >= 0.6 is 15.9 Å². The Morgan fingerprint density at radius 2 is 1.30 bits per heavy atom. The summed E-state index contributed by atoms with van der Waals surface area (Å²) in [5.41, 5.74) is 2.54. The van der Waals surface area contributed by atoms with Gasteiger partial charge in [-0.25, -0.2) is 0 Å². The van der Waals surface area contributed by atoms with Gasteiger partial charge in [-0.2, -0.15) is 0 Å². The second kappa shape index (κ2) is 6.91. The van der Waals surface area contributed by atoms with Crippen molar-refractivity contribution in [2.24, 2.45) is 0 Å². The number of nitrogens with one attached hydrogen (secondary N) is 1. The van der Waals surface area contributed by atoms with Gasteiger partial charge in [-0.05, 0) is 49.2 Å². The fraction of sp³-hybridized carbons (Fsp3) is 0.294. The third kappa shape index (κ3) is 3.84. The summed E-state index contributed by atoms with van der Waals surface area (Å²) in [7, 11) is 1.69. The van der Waals surface area contributed by atoms with Crippen LogP contribution in [0.15, 0.2) is 53.0 Å². The van der Waals surface area contributed by atoms with Crippen LogP contribution in [0.4, 0.5) is 0 Å². The quantitative estimate of drug-likeness (QED) is 0.842. The van der Waals surface area contributed by atoms with E-state index in [2.05, 4.69) is 71.5 Å². The molecule has 0 bridgehead atoms. The van der Waals surface area contributed by atoms with E-state index in [9.17, 15) is 0 Å². The molecule has 0 aromatic heterocycles. The smallest absolute Gasteiger partial charge is 0.118 e. The molecule has 2 aromatic carbocycles. The highest BCUT2D eigenvalue weighted by molar-refractivity contribution is 9.10. The molecule has 2 rings (SSSR count). The molecule has 0 saturated heterocycles. The molecule has 106 valence electrons. The number of rotatable bonds is 5. The first kappa shape index (κ1) is 15.1. The Morgan fingerprint density at radius 3 is 1.75 bits per heavy atom. The molecule has 2 unspecified atom stereocenters. The molecular weight excluding hydrogens is 314 g/mol. The molecule has 2 nitrogen and oxygen atoms in total. The number of halogens is 1. The van der Waals surface area contributed by atoms with Gasteiger partial charge < -0.3 is 10.1 Å². The summed E-state index contributed by atoms with van der Waals surface area (Å²) >= 11 is 3.46. The van der Waals surface area contributed by atoms with Gasteiger partial charge in [0.25, 0.3) is 0 Å². The number of ether oxygens (including phenoxy) is 1. The van der Waals surface area contributed by atoms with Gasteiger partial charge in [-0.3, -0.25) is 0 Å². The van der Waals surface area contributed by atoms with Gasteiger partial charge in [-0.15, -0.1) is 0 Å². The average molecular weight is 334 g/mol. The molecule has 2 atom stereocenters. The summed E-state index contributed by atoms with van der Waals surface area (Å²) < 4.78 is 6.29.